The van der Waals surface area contributed by atoms with Crippen LogP contribution in [0.25, 0.3) is 0 Å². The summed E-state index contributed by atoms with van der Waals surface area (Å²) in [6.07, 6.45) is 1.39. The first kappa shape index (κ1) is 9.83. The van der Waals surface area contributed by atoms with Gasteiger partial charge >= 0.3 is 0 Å². The third kappa shape index (κ3) is 2.22. The molecule has 0 aliphatic rings. The van der Waals surface area contributed by atoms with Gasteiger partial charge in [-0.15, -0.1) is 0 Å². The molecule has 1 aromatic rings. The number of aromatic nitrogens is 2. The fraction of sp³-hybridized carbons (Fsp3) is 0. The predicted molar refractivity (Wildman–Crippen MR) is 33.8 cm³/mol. The second-order valence-corrected chi connectivity index (χ2v) is 1.36. The number of hydrogen-bond donors (Lipinski definition) is 1. The van der Waals surface area contributed by atoms with Crippen molar-refractivity contribution in [1.29, 1.82) is 10.5 Å². The first-order valence-corrected chi connectivity index (χ1v) is 2.22. The number of aromatic amines is 1. The fourth-order valence-corrected chi connectivity index (χ4v) is 0.436. The van der Waals surface area contributed by atoms with Gasteiger partial charge in [-0.05, 0) is 0 Å². The number of hydrogen-bond acceptors (Lipinski definition) is 3. The van der Waals surface area contributed by atoms with Crippen LogP contribution in [0.4, 0.5) is 0 Å². The van der Waals surface area contributed by atoms with E-state index in [4.69, 9.17) is 10.5 Å². The summed E-state index contributed by atoms with van der Waals surface area (Å²) in [5.41, 5.74) is 0.242. The molecule has 1 radical (unpaired) electrons. The molecule has 0 aliphatic carbocycles. The molecule has 1 N–H and O–H groups in total. The average Bonchev–Trinajstić information content (AvgIpc) is 2.34. The molecule has 4 nitrogen and oxygen atoms in total. The summed E-state index contributed by atoms with van der Waals surface area (Å²) >= 11 is 0. The molecule has 10 heavy (non-hydrogen) atoms. The molecule has 43 valence electrons. The van der Waals surface area contributed by atoms with Crippen molar-refractivity contribution in [3.05, 3.63) is 17.7 Å². The van der Waals surface area contributed by atoms with E-state index in [1.165, 1.54) is 6.20 Å². The topological polar surface area (TPSA) is 76.3 Å². The summed E-state index contributed by atoms with van der Waals surface area (Å²) < 4.78 is 0. The molecule has 1 heterocycles. The summed E-state index contributed by atoms with van der Waals surface area (Å²) in [5, 5.41) is 16.4. The number of nitriles is 2. The van der Waals surface area contributed by atoms with E-state index in [1.807, 2.05) is 0 Å². The van der Waals surface area contributed by atoms with Gasteiger partial charge in [0.25, 0.3) is 0 Å². The summed E-state index contributed by atoms with van der Waals surface area (Å²) in [4.78, 5) is 6.08. The van der Waals surface area contributed by atoms with Crippen LogP contribution < -0.4 is 0 Å². The first-order valence-electron chi connectivity index (χ1n) is 2.22. The monoisotopic (exact) mass is 157 g/mol. The van der Waals surface area contributed by atoms with Crippen molar-refractivity contribution in [2.24, 2.45) is 0 Å². The van der Waals surface area contributed by atoms with Crippen LogP contribution in [0.15, 0.2) is 6.20 Å². The van der Waals surface area contributed by atoms with Gasteiger partial charge in [0, 0.05) is 57.6 Å². The van der Waals surface area contributed by atoms with Crippen molar-refractivity contribution in [2.45, 2.75) is 0 Å². The van der Waals surface area contributed by atoms with Crippen molar-refractivity contribution >= 4 is 51.4 Å². The van der Waals surface area contributed by atoms with Crippen LogP contribution in [0.3, 0.4) is 0 Å². The predicted octanol–water partition coefficient (Wildman–Crippen LogP) is -0.228. The molecule has 1 rings (SSSR count). The Morgan fingerprint density at radius 1 is 1.40 bits per heavy atom. The quantitative estimate of drug-likeness (QED) is 0.528. The number of nitrogens with zero attached hydrogens (tertiary/aromatic N) is 3. The number of H-pyrrole nitrogens is 1. The maximum absolute atomic E-state index is 8.20. The molecule has 0 atom stereocenters. The third-order valence-corrected chi connectivity index (χ3v) is 0.798. The van der Waals surface area contributed by atoms with Crippen LogP contribution in [-0.4, -0.2) is 61.4 Å². The van der Waals surface area contributed by atoms with Crippen LogP contribution in [0, 0.1) is 22.7 Å². The van der Waals surface area contributed by atoms with Gasteiger partial charge < -0.3 is 4.98 Å². The van der Waals surface area contributed by atoms with E-state index in [1.54, 1.807) is 12.1 Å². The maximum Gasteiger partial charge on any atom is 0.211 e. The van der Waals surface area contributed by atoms with Gasteiger partial charge in [0.2, 0.25) is 5.82 Å². The summed E-state index contributed by atoms with van der Waals surface area (Å²) in [5.74, 6) is 0.173. The zero-order chi connectivity index (χ0) is 6.69. The number of rotatable bonds is 0. The molecule has 0 spiro atoms. The molecular weight excluding hydrogens is 155 g/mol. The van der Waals surface area contributed by atoms with Crippen molar-refractivity contribution in [3.63, 3.8) is 0 Å². The van der Waals surface area contributed by atoms with Gasteiger partial charge in [-0.25, -0.2) is 4.98 Å². The van der Waals surface area contributed by atoms with Crippen LogP contribution in [-0.2, 0) is 0 Å². The van der Waals surface area contributed by atoms with Gasteiger partial charge in [-0.2, -0.15) is 10.5 Å². The van der Waals surface area contributed by atoms with Crippen molar-refractivity contribution in [3.8, 4) is 12.1 Å². The first-order chi connectivity index (χ1) is 4.36. The van der Waals surface area contributed by atoms with Crippen molar-refractivity contribution in [1.82, 2.24) is 9.97 Å². The number of nitrogens with one attached hydrogen (secondary N) is 1. The van der Waals surface area contributed by atoms with Gasteiger partial charge in [-0.3, -0.25) is 0 Å². The van der Waals surface area contributed by atoms with Crippen LogP contribution in [0.5, 0.6) is 0 Å². The third-order valence-electron chi connectivity index (χ3n) is 0.798. The molecule has 0 saturated carbocycles. The Hall–Kier alpha value is -0.174. The van der Waals surface area contributed by atoms with Crippen LogP contribution in [0.2, 0.25) is 0 Å². The van der Waals surface area contributed by atoms with Crippen molar-refractivity contribution in [2.75, 3.05) is 0 Å². The van der Waals surface area contributed by atoms with Crippen LogP contribution >= 0.6 is 0 Å². The minimum atomic E-state index is 0. The van der Waals surface area contributed by atoms with Crippen LogP contribution in [0.1, 0.15) is 11.5 Å². The minimum Gasteiger partial charge on any atom is -0.335 e. The second-order valence-electron chi connectivity index (χ2n) is 1.36. The fourth-order valence-electron chi connectivity index (χ4n) is 0.436. The van der Waals surface area contributed by atoms with E-state index < -0.39 is 0 Å². The Kier molecular flexibility index (Phi) is 4.53. The van der Waals surface area contributed by atoms with Gasteiger partial charge in [0.05, 0.1) is 0 Å². The maximum atomic E-state index is 8.20. The van der Waals surface area contributed by atoms with E-state index in [0.717, 1.165) is 0 Å². The second kappa shape index (κ2) is 4.61. The zero-order valence-corrected chi connectivity index (χ0v) is 8.54. The molecule has 0 unspecified atom stereocenters. The molecule has 0 aromatic carbocycles. The molecule has 0 bridgehead atoms. The minimum absolute atomic E-state index is 0. The zero-order valence-electron chi connectivity index (χ0n) is 5.42. The molecule has 1 aromatic heterocycles. The van der Waals surface area contributed by atoms with Gasteiger partial charge in [-0.1, -0.05) is 0 Å². The average molecular weight is 157 g/mol. The molecule has 0 fully saturated rings. The Labute approximate surface area is 100 Å². The van der Waals surface area contributed by atoms with Crippen molar-refractivity contribution < 1.29 is 0 Å². The van der Waals surface area contributed by atoms with E-state index >= 15 is 0 Å². The van der Waals surface area contributed by atoms with E-state index in [9.17, 15) is 0 Å². The van der Waals surface area contributed by atoms with E-state index in [2.05, 4.69) is 9.97 Å². The number of imidazole rings is 1. The van der Waals surface area contributed by atoms with E-state index in [-0.39, 0.29) is 62.9 Å². The summed E-state index contributed by atoms with van der Waals surface area (Å²) in [6.45, 7) is 0. The molecular formula is C5H2KN4. The standard InChI is InChI=1S/C5H2N4.K/c6-1-4-3-8-5(2-7)9-4;/h3H,(H,8,9);. The van der Waals surface area contributed by atoms with Gasteiger partial charge in [0.15, 0.2) is 5.69 Å². The smallest absolute Gasteiger partial charge is 0.211 e. The Balaban J connectivity index is 0.000000810. The summed E-state index contributed by atoms with van der Waals surface area (Å²) in [7, 11) is 0. The molecule has 0 amide bonds. The van der Waals surface area contributed by atoms with Gasteiger partial charge in [0.1, 0.15) is 12.1 Å². The Morgan fingerprint density at radius 3 is 2.40 bits per heavy atom. The Bertz CT molecular complexity index is 261. The summed E-state index contributed by atoms with van der Waals surface area (Å²) in [6, 6.07) is 3.55. The molecule has 5 heteroatoms. The molecule has 0 saturated heterocycles. The van der Waals surface area contributed by atoms with E-state index in [0.29, 0.717) is 0 Å². The Morgan fingerprint density at radius 2 is 2.10 bits per heavy atom. The molecule has 0 aliphatic heterocycles. The normalized spacial score (nSPS) is 7.00. The largest absolute Gasteiger partial charge is 0.335 e. The SMILES string of the molecule is N#Cc1c[nH]c(C#N)n1.[K].